The monoisotopic (exact) mass is 530 g/mol. The molecule has 3 rings (SSSR count). The number of rotatable bonds is 4. The summed E-state index contributed by atoms with van der Waals surface area (Å²) >= 11 is 43.2. The van der Waals surface area contributed by atoms with Gasteiger partial charge in [0.15, 0.2) is 11.5 Å². The minimum absolute atomic E-state index is 0.0421. The highest BCUT2D eigenvalue weighted by molar-refractivity contribution is 6.46. The Kier molecular flexibility index (Phi) is 6.96. The third-order valence-corrected chi connectivity index (χ3v) is 6.33. The molecule has 0 fully saturated rings. The van der Waals surface area contributed by atoms with E-state index in [0.29, 0.717) is 0 Å². The number of ether oxygens (including phenoxy) is 2. The fourth-order valence-corrected chi connectivity index (χ4v) is 3.70. The number of benzene rings is 3. The molecule has 4 nitrogen and oxygen atoms in total. The Bertz CT molecular complexity index is 986. The fourth-order valence-electron chi connectivity index (χ4n) is 2.25. The van der Waals surface area contributed by atoms with Crippen molar-refractivity contribution in [3.05, 3.63) is 65.5 Å². The number of hydrogen-bond donors (Lipinski definition) is 2. The van der Waals surface area contributed by atoms with Crippen molar-refractivity contribution in [3.8, 4) is 23.0 Å². The van der Waals surface area contributed by atoms with Crippen molar-refractivity contribution in [1.82, 2.24) is 0 Å². The molecule has 29 heavy (non-hydrogen) atoms. The summed E-state index contributed by atoms with van der Waals surface area (Å²) in [5.41, 5.74) is 12.0. The van der Waals surface area contributed by atoms with Gasteiger partial charge in [-0.1, -0.05) is 87.3 Å². The van der Waals surface area contributed by atoms with Crippen molar-refractivity contribution in [2.24, 2.45) is 0 Å². The van der Waals surface area contributed by atoms with E-state index in [1.165, 1.54) is 12.1 Å². The molecule has 4 N–H and O–H groups in total. The van der Waals surface area contributed by atoms with Crippen LogP contribution in [0.3, 0.4) is 0 Å². The van der Waals surface area contributed by atoms with E-state index < -0.39 is 0 Å². The first-order valence-corrected chi connectivity index (χ1v) is 10.3. The van der Waals surface area contributed by atoms with Gasteiger partial charge >= 0.3 is 0 Å². The lowest BCUT2D eigenvalue weighted by Crippen LogP contribution is -1.96. The summed E-state index contributed by atoms with van der Waals surface area (Å²) in [5.74, 6) is 0.412. The fraction of sp³-hybridized carbons (Fsp3) is 0. The third-order valence-electron chi connectivity index (χ3n) is 3.64. The molecule has 0 aromatic heterocycles. The normalized spacial score (nSPS) is 10.9. The molecule has 0 saturated heterocycles. The lowest BCUT2D eigenvalue weighted by molar-refractivity contribution is 0.461. The van der Waals surface area contributed by atoms with E-state index in [2.05, 4.69) is 0 Å². The molecule has 152 valence electrons. The lowest BCUT2D eigenvalue weighted by atomic mass is 10.2. The summed E-state index contributed by atoms with van der Waals surface area (Å²) in [6, 6.07) is 7.56. The van der Waals surface area contributed by atoms with E-state index >= 15 is 0 Å². The van der Waals surface area contributed by atoms with Crippen LogP contribution in [0.25, 0.3) is 0 Å². The first-order chi connectivity index (χ1) is 13.6. The van der Waals surface area contributed by atoms with E-state index in [9.17, 15) is 0 Å². The Morgan fingerprint density at radius 1 is 0.552 bits per heavy atom. The molecular formula is C18H9Cl7N2O2. The standard InChI is InChI=1S/C18H9Cl7N2O2/c19-6-4-8(26)14(23)17(12(6)21)28-10-2-1-3-11(16(10)25)29-18-13(22)7(20)5-9(27)15(18)24/h1-5H,26-27H2. The summed E-state index contributed by atoms with van der Waals surface area (Å²) in [6.07, 6.45) is 0. The highest BCUT2D eigenvalue weighted by Gasteiger charge is 2.21. The minimum Gasteiger partial charge on any atom is -0.452 e. The van der Waals surface area contributed by atoms with Gasteiger partial charge in [0.2, 0.25) is 0 Å². The Hall–Kier alpha value is -1.11. The van der Waals surface area contributed by atoms with Gasteiger partial charge in [0, 0.05) is 0 Å². The molecule has 0 aliphatic heterocycles. The van der Waals surface area contributed by atoms with Gasteiger partial charge in [-0.05, 0) is 24.3 Å². The van der Waals surface area contributed by atoms with Gasteiger partial charge in [-0.15, -0.1) is 0 Å². The number of nitrogens with two attached hydrogens (primary N) is 2. The molecule has 0 unspecified atom stereocenters. The van der Waals surface area contributed by atoms with Crippen LogP contribution >= 0.6 is 81.2 Å². The van der Waals surface area contributed by atoms with Crippen LogP contribution in [0.1, 0.15) is 0 Å². The second-order valence-electron chi connectivity index (χ2n) is 5.58. The molecule has 3 aromatic carbocycles. The van der Waals surface area contributed by atoms with Crippen LogP contribution in [0.15, 0.2) is 30.3 Å². The molecule has 0 saturated carbocycles. The van der Waals surface area contributed by atoms with Crippen LogP contribution in [0, 0.1) is 0 Å². The summed E-state index contributed by atoms with van der Waals surface area (Å²) < 4.78 is 11.5. The molecule has 0 aliphatic carbocycles. The van der Waals surface area contributed by atoms with Gasteiger partial charge in [-0.3, -0.25) is 0 Å². The van der Waals surface area contributed by atoms with Gasteiger partial charge < -0.3 is 20.9 Å². The number of anilines is 2. The number of nitrogen functional groups attached to an aromatic ring is 2. The minimum atomic E-state index is 0.0421. The molecule has 0 amide bonds. The van der Waals surface area contributed by atoms with Crippen LogP contribution < -0.4 is 20.9 Å². The second-order valence-corrected chi connectivity index (χ2v) is 8.29. The van der Waals surface area contributed by atoms with Gasteiger partial charge in [0.1, 0.15) is 36.6 Å². The van der Waals surface area contributed by atoms with Crippen molar-refractivity contribution in [2.45, 2.75) is 0 Å². The van der Waals surface area contributed by atoms with Gasteiger partial charge in [0.05, 0.1) is 21.4 Å². The number of halogens is 7. The maximum atomic E-state index is 6.43. The number of hydrogen-bond acceptors (Lipinski definition) is 4. The first-order valence-electron chi connectivity index (χ1n) is 7.62. The van der Waals surface area contributed by atoms with Crippen LogP contribution in [0.4, 0.5) is 11.4 Å². The van der Waals surface area contributed by atoms with Crippen molar-refractivity contribution >= 4 is 92.6 Å². The third kappa shape index (κ3) is 4.49. The van der Waals surface area contributed by atoms with Gasteiger partial charge in [0.25, 0.3) is 0 Å². The van der Waals surface area contributed by atoms with E-state index in [-0.39, 0.29) is 69.5 Å². The van der Waals surface area contributed by atoms with Gasteiger partial charge in [-0.2, -0.15) is 0 Å². The van der Waals surface area contributed by atoms with E-state index in [4.69, 9.17) is 102 Å². The summed E-state index contributed by atoms with van der Waals surface area (Å²) in [7, 11) is 0. The van der Waals surface area contributed by atoms with Gasteiger partial charge in [-0.25, -0.2) is 0 Å². The predicted octanol–water partition coefficient (Wildman–Crippen LogP) is 9.01. The molecule has 3 aromatic rings. The molecule has 0 aliphatic rings. The maximum absolute atomic E-state index is 6.43. The average Bonchev–Trinajstić information content (AvgIpc) is 2.67. The van der Waals surface area contributed by atoms with E-state index in [1.54, 1.807) is 18.2 Å². The average molecular weight is 533 g/mol. The lowest BCUT2D eigenvalue weighted by Gasteiger charge is -2.16. The Morgan fingerprint density at radius 3 is 1.31 bits per heavy atom. The summed E-state index contributed by atoms with van der Waals surface area (Å²) in [4.78, 5) is 0. The molecule has 0 spiro atoms. The van der Waals surface area contributed by atoms with Crippen molar-refractivity contribution < 1.29 is 9.47 Å². The zero-order valence-electron chi connectivity index (χ0n) is 14.0. The highest BCUT2D eigenvalue weighted by Crippen LogP contribution is 2.49. The maximum Gasteiger partial charge on any atom is 0.168 e. The molecule has 0 bridgehead atoms. The van der Waals surface area contributed by atoms with E-state index in [0.717, 1.165) is 0 Å². The van der Waals surface area contributed by atoms with Crippen LogP contribution in [-0.2, 0) is 0 Å². The van der Waals surface area contributed by atoms with Crippen molar-refractivity contribution in [3.63, 3.8) is 0 Å². The molecule has 0 heterocycles. The van der Waals surface area contributed by atoms with Crippen LogP contribution in [0.5, 0.6) is 23.0 Å². The summed E-state index contributed by atoms with van der Waals surface area (Å²) in [5, 5.41) is 0.707. The Labute approximate surface area is 201 Å². The first kappa shape index (κ1) is 22.6. The Morgan fingerprint density at radius 2 is 0.931 bits per heavy atom. The smallest absolute Gasteiger partial charge is 0.168 e. The molecule has 0 atom stereocenters. The van der Waals surface area contributed by atoms with E-state index in [1.807, 2.05) is 0 Å². The quantitative estimate of drug-likeness (QED) is 0.259. The molecule has 0 radical (unpaired) electrons. The SMILES string of the molecule is Nc1cc(Cl)c(Cl)c(Oc2cccc(Oc3c(Cl)c(N)cc(Cl)c3Cl)c2Cl)c1Cl. The van der Waals surface area contributed by atoms with Crippen LogP contribution in [0.2, 0.25) is 35.2 Å². The largest absolute Gasteiger partial charge is 0.452 e. The highest BCUT2D eigenvalue weighted by atomic mass is 35.5. The zero-order valence-corrected chi connectivity index (χ0v) is 19.3. The molecular weight excluding hydrogens is 524 g/mol. The van der Waals surface area contributed by atoms with Crippen molar-refractivity contribution in [2.75, 3.05) is 11.5 Å². The second kappa shape index (κ2) is 8.94. The summed E-state index contributed by atoms with van der Waals surface area (Å²) in [6.45, 7) is 0. The zero-order chi connectivity index (χ0) is 21.5. The van der Waals surface area contributed by atoms with Crippen LogP contribution in [-0.4, -0.2) is 0 Å². The predicted molar refractivity (Wildman–Crippen MR) is 123 cm³/mol. The van der Waals surface area contributed by atoms with Crippen molar-refractivity contribution in [1.29, 1.82) is 0 Å². The Balaban J connectivity index is 2.03. The topological polar surface area (TPSA) is 70.5 Å². The molecule has 11 heteroatoms.